The van der Waals surface area contributed by atoms with Gasteiger partial charge in [0.25, 0.3) is 0 Å². The molecule has 0 amide bonds. The van der Waals surface area contributed by atoms with Crippen LogP contribution in [0.3, 0.4) is 0 Å². The van der Waals surface area contributed by atoms with Crippen LogP contribution in [-0.4, -0.2) is 38.3 Å². The van der Waals surface area contributed by atoms with Crippen molar-refractivity contribution in [3.8, 4) is 0 Å². The lowest BCUT2D eigenvalue weighted by atomic mass is 10.1. The van der Waals surface area contributed by atoms with E-state index in [1.54, 1.807) is 31.9 Å². The van der Waals surface area contributed by atoms with Crippen LogP contribution < -0.4 is 4.90 Å². The fourth-order valence-electron chi connectivity index (χ4n) is 2.40. The van der Waals surface area contributed by atoms with E-state index in [9.17, 15) is 13.2 Å². The molecule has 1 N–H and O–H groups in total. The Morgan fingerprint density at radius 2 is 1.89 bits per heavy atom. The maximum Gasteiger partial charge on any atom is 0.327 e. The van der Waals surface area contributed by atoms with Crippen LogP contribution in [0.5, 0.6) is 0 Å². The van der Waals surface area contributed by atoms with Crippen molar-refractivity contribution in [1.82, 2.24) is 0 Å². The quantitative estimate of drug-likeness (QED) is 0.822. The third kappa shape index (κ3) is 1.77. The van der Waals surface area contributed by atoms with E-state index in [4.69, 9.17) is 5.11 Å². The minimum absolute atomic E-state index is 0.266. The zero-order valence-electron chi connectivity index (χ0n) is 10.5. The summed E-state index contributed by atoms with van der Waals surface area (Å²) in [6.45, 7) is 3.51. The van der Waals surface area contributed by atoms with Crippen molar-refractivity contribution >= 4 is 21.5 Å². The molecule has 1 unspecified atom stereocenters. The first-order valence-electron chi connectivity index (χ1n) is 5.54. The van der Waals surface area contributed by atoms with Gasteiger partial charge < -0.3 is 10.0 Å². The van der Waals surface area contributed by atoms with Crippen LogP contribution in [-0.2, 0) is 14.6 Å². The van der Waals surface area contributed by atoms with Crippen LogP contribution >= 0.6 is 0 Å². The van der Waals surface area contributed by atoms with Crippen molar-refractivity contribution in [2.24, 2.45) is 0 Å². The summed E-state index contributed by atoms with van der Waals surface area (Å²) in [5.41, 5.74) is 1.94. The highest BCUT2D eigenvalue weighted by Crippen LogP contribution is 2.37. The molecule has 6 heteroatoms. The Kier molecular flexibility index (Phi) is 2.85. The second kappa shape index (κ2) is 3.98. The molecule has 0 saturated carbocycles. The number of aryl methyl sites for hydroxylation is 2. The number of aliphatic carboxylic acids is 1. The molecule has 1 aromatic carbocycles. The van der Waals surface area contributed by atoms with E-state index in [2.05, 4.69) is 0 Å². The van der Waals surface area contributed by atoms with E-state index in [0.29, 0.717) is 11.3 Å². The van der Waals surface area contributed by atoms with Gasteiger partial charge in [0.15, 0.2) is 9.84 Å². The molecule has 0 bridgehead atoms. The number of carboxylic acids is 1. The average molecular weight is 269 g/mol. The third-order valence-electron chi connectivity index (χ3n) is 3.32. The van der Waals surface area contributed by atoms with Crippen molar-refractivity contribution in [2.75, 3.05) is 17.7 Å². The zero-order chi connectivity index (χ0) is 13.7. The van der Waals surface area contributed by atoms with Crippen molar-refractivity contribution in [3.63, 3.8) is 0 Å². The van der Waals surface area contributed by atoms with Gasteiger partial charge >= 0.3 is 5.97 Å². The molecule has 0 radical (unpaired) electrons. The highest BCUT2D eigenvalue weighted by molar-refractivity contribution is 7.91. The molecule has 0 aromatic heterocycles. The Bertz CT molecular complexity index is 621. The van der Waals surface area contributed by atoms with Gasteiger partial charge in [0.05, 0.1) is 16.3 Å². The number of hydrogen-bond donors (Lipinski definition) is 1. The fraction of sp³-hybridized carbons (Fsp3) is 0.417. The van der Waals surface area contributed by atoms with Gasteiger partial charge in [-0.25, -0.2) is 13.2 Å². The molecule has 0 spiro atoms. The summed E-state index contributed by atoms with van der Waals surface area (Å²) >= 11 is 0. The molecule has 0 aliphatic carbocycles. The summed E-state index contributed by atoms with van der Waals surface area (Å²) in [4.78, 5) is 13.0. The molecule has 1 aliphatic heterocycles. The Morgan fingerprint density at radius 3 is 2.44 bits per heavy atom. The van der Waals surface area contributed by atoms with E-state index in [1.807, 2.05) is 6.07 Å². The smallest absolute Gasteiger partial charge is 0.327 e. The molecular weight excluding hydrogens is 254 g/mol. The molecule has 0 saturated heterocycles. The van der Waals surface area contributed by atoms with Gasteiger partial charge in [-0.15, -0.1) is 0 Å². The fourth-order valence-corrected chi connectivity index (χ4v) is 4.50. The first-order chi connectivity index (χ1) is 8.25. The Balaban J connectivity index is 2.78. The molecule has 2 rings (SSSR count). The number of nitrogens with zero attached hydrogens (tertiary/aromatic N) is 1. The number of likely N-dealkylation sites (N-methyl/N-ethyl adjacent to an activating group) is 1. The lowest BCUT2D eigenvalue weighted by Gasteiger charge is -2.35. The molecule has 98 valence electrons. The number of carbonyl (C=O) groups is 1. The number of rotatable bonds is 1. The summed E-state index contributed by atoms with van der Waals surface area (Å²) in [5.74, 6) is -1.50. The number of fused-ring (bicyclic) bond motifs is 1. The summed E-state index contributed by atoms with van der Waals surface area (Å²) in [5, 5.41) is 9.12. The number of hydrogen-bond acceptors (Lipinski definition) is 4. The number of anilines is 1. The maximum atomic E-state index is 12.2. The second-order valence-corrected chi connectivity index (χ2v) is 6.59. The van der Waals surface area contributed by atoms with E-state index in [0.717, 1.165) is 5.56 Å². The summed E-state index contributed by atoms with van der Waals surface area (Å²) in [7, 11) is -1.92. The SMILES string of the molecule is Cc1ccc(C)c2c1N(C)C(C(=O)O)CS2(=O)=O. The van der Waals surface area contributed by atoms with Crippen molar-refractivity contribution in [2.45, 2.75) is 24.8 Å². The normalized spacial score (nSPS) is 21.5. The predicted molar refractivity (Wildman–Crippen MR) is 67.8 cm³/mol. The maximum absolute atomic E-state index is 12.2. The molecule has 1 aromatic rings. The Labute approximate surface area is 106 Å². The third-order valence-corrected chi connectivity index (χ3v) is 5.22. The van der Waals surface area contributed by atoms with Gasteiger partial charge in [-0.1, -0.05) is 12.1 Å². The molecule has 0 fully saturated rings. The first-order valence-corrected chi connectivity index (χ1v) is 7.19. The molecule has 1 aliphatic rings. The number of benzene rings is 1. The van der Waals surface area contributed by atoms with Gasteiger partial charge in [-0.2, -0.15) is 0 Å². The zero-order valence-corrected chi connectivity index (χ0v) is 11.3. The van der Waals surface area contributed by atoms with E-state index in [1.165, 1.54) is 0 Å². The lowest BCUT2D eigenvalue weighted by Crippen LogP contribution is -2.48. The topological polar surface area (TPSA) is 74.7 Å². The second-order valence-electron chi connectivity index (χ2n) is 4.62. The number of carboxylic acid groups (broad SMARTS) is 1. The molecule has 18 heavy (non-hydrogen) atoms. The van der Waals surface area contributed by atoms with Gasteiger partial charge in [-0.3, -0.25) is 0 Å². The molecule has 1 atom stereocenters. The van der Waals surface area contributed by atoms with E-state index < -0.39 is 21.8 Å². The number of sulfone groups is 1. The standard InChI is InChI=1S/C12H15NO4S/c1-7-4-5-8(2)11-10(7)13(3)9(12(14)15)6-18(11,16)17/h4-5,9H,6H2,1-3H3,(H,14,15). The van der Waals surface area contributed by atoms with Crippen molar-refractivity contribution in [1.29, 1.82) is 0 Å². The van der Waals surface area contributed by atoms with Gasteiger partial charge in [0.2, 0.25) is 0 Å². The summed E-state index contributed by atoms with van der Waals surface area (Å²) in [6.07, 6.45) is 0. The highest BCUT2D eigenvalue weighted by Gasteiger charge is 2.39. The van der Waals surface area contributed by atoms with Crippen LogP contribution in [0.1, 0.15) is 11.1 Å². The van der Waals surface area contributed by atoms with E-state index >= 15 is 0 Å². The Hall–Kier alpha value is -1.56. The predicted octanol–water partition coefficient (Wildman–Crippen LogP) is 0.980. The van der Waals surface area contributed by atoms with Crippen LogP contribution in [0.15, 0.2) is 17.0 Å². The molecular formula is C12H15NO4S. The van der Waals surface area contributed by atoms with Gasteiger partial charge in [-0.05, 0) is 25.0 Å². The van der Waals surface area contributed by atoms with Crippen LogP contribution in [0.4, 0.5) is 5.69 Å². The highest BCUT2D eigenvalue weighted by atomic mass is 32.2. The van der Waals surface area contributed by atoms with Gasteiger partial charge in [0, 0.05) is 7.05 Å². The average Bonchev–Trinajstić information content (AvgIpc) is 2.26. The minimum Gasteiger partial charge on any atom is -0.480 e. The molecule has 5 nitrogen and oxygen atoms in total. The van der Waals surface area contributed by atoms with Crippen molar-refractivity contribution in [3.05, 3.63) is 23.3 Å². The van der Waals surface area contributed by atoms with Crippen LogP contribution in [0.2, 0.25) is 0 Å². The largest absolute Gasteiger partial charge is 0.480 e. The first kappa shape index (κ1) is 12.9. The lowest BCUT2D eigenvalue weighted by molar-refractivity contribution is -0.138. The van der Waals surface area contributed by atoms with Crippen LogP contribution in [0, 0.1) is 13.8 Å². The summed E-state index contributed by atoms with van der Waals surface area (Å²) < 4.78 is 24.4. The minimum atomic E-state index is -3.54. The monoisotopic (exact) mass is 269 g/mol. The summed E-state index contributed by atoms with van der Waals surface area (Å²) in [6, 6.07) is 2.54. The van der Waals surface area contributed by atoms with Crippen LogP contribution in [0.25, 0.3) is 0 Å². The van der Waals surface area contributed by atoms with Crippen molar-refractivity contribution < 1.29 is 18.3 Å². The Morgan fingerprint density at radius 1 is 1.33 bits per heavy atom. The molecule has 1 heterocycles. The van der Waals surface area contributed by atoms with Gasteiger partial charge in [0.1, 0.15) is 6.04 Å². The van der Waals surface area contributed by atoms with E-state index in [-0.39, 0.29) is 10.6 Å².